The van der Waals surface area contributed by atoms with Crippen LogP contribution in [0.15, 0.2) is 60.7 Å². The highest BCUT2D eigenvalue weighted by Gasteiger charge is 2.16. The summed E-state index contributed by atoms with van der Waals surface area (Å²) in [7, 11) is 1.48. The number of amides is 2. The van der Waals surface area contributed by atoms with Crippen molar-refractivity contribution in [1.29, 1.82) is 0 Å². The molecule has 6 nitrogen and oxygen atoms in total. The molecule has 0 aliphatic rings. The summed E-state index contributed by atoms with van der Waals surface area (Å²) in [6.07, 6.45) is 0. The summed E-state index contributed by atoms with van der Waals surface area (Å²) in [6, 6.07) is 17.1. The lowest BCUT2D eigenvalue weighted by Crippen LogP contribution is -2.34. The molecule has 0 saturated heterocycles. The molecule has 2 N–H and O–H groups in total. The zero-order valence-electron chi connectivity index (χ0n) is 15.4. The van der Waals surface area contributed by atoms with Crippen LogP contribution < -0.4 is 15.4 Å². The molecule has 29 heavy (non-hydrogen) atoms. The fourth-order valence-corrected chi connectivity index (χ4v) is 3.67. The monoisotopic (exact) mass is 428 g/mol. The van der Waals surface area contributed by atoms with Crippen molar-refractivity contribution >= 4 is 46.2 Å². The van der Waals surface area contributed by atoms with E-state index in [1.54, 1.807) is 48.5 Å². The lowest BCUT2D eigenvalue weighted by atomic mass is 10.1. The van der Waals surface area contributed by atoms with Gasteiger partial charge in [-0.25, -0.2) is 0 Å². The maximum atomic E-state index is 12.4. The number of halogens is 1. The van der Waals surface area contributed by atoms with E-state index in [0.717, 1.165) is 4.88 Å². The summed E-state index contributed by atoms with van der Waals surface area (Å²) in [5, 5.41) is 5.33. The predicted octanol–water partition coefficient (Wildman–Crippen LogP) is 3.90. The third-order valence-corrected chi connectivity index (χ3v) is 5.34. The van der Waals surface area contributed by atoms with Crippen molar-refractivity contribution in [2.45, 2.75) is 6.54 Å². The molecule has 2 aromatic carbocycles. The second-order valence-electron chi connectivity index (χ2n) is 5.95. The molecule has 148 valence electrons. The van der Waals surface area contributed by atoms with Gasteiger partial charge in [-0.1, -0.05) is 41.9 Å². The van der Waals surface area contributed by atoms with E-state index in [1.807, 2.05) is 6.07 Å². The van der Waals surface area contributed by atoms with E-state index in [4.69, 9.17) is 16.3 Å². The Morgan fingerprint density at radius 2 is 1.76 bits per heavy atom. The molecule has 0 spiro atoms. The molecule has 8 heteroatoms. The number of hydrogen-bond acceptors (Lipinski definition) is 5. The van der Waals surface area contributed by atoms with E-state index >= 15 is 0 Å². The first-order valence-electron chi connectivity index (χ1n) is 8.59. The minimum atomic E-state index is -0.816. The molecule has 0 bridgehead atoms. The highest BCUT2D eigenvalue weighted by atomic mass is 35.5. The number of rotatable bonds is 6. The molecule has 0 fully saturated rings. The number of carbonyl (C=O) groups is 3. The van der Waals surface area contributed by atoms with Gasteiger partial charge in [-0.15, -0.1) is 11.3 Å². The molecule has 0 atom stereocenters. The number of hydrogen-bond donors (Lipinski definition) is 2. The Kier molecular flexibility index (Phi) is 6.64. The number of benzene rings is 2. The van der Waals surface area contributed by atoms with Gasteiger partial charge < -0.3 is 15.4 Å². The maximum absolute atomic E-state index is 12.4. The first kappa shape index (κ1) is 20.6. The fourth-order valence-electron chi connectivity index (χ4n) is 2.51. The van der Waals surface area contributed by atoms with Gasteiger partial charge in [-0.05, 0) is 30.3 Å². The fraction of sp³-hybridized carbons (Fsp3) is 0.0952. The second-order valence-corrected chi connectivity index (χ2v) is 7.52. The van der Waals surface area contributed by atoms with Gasteiger partial charge in [0.2, 0.25) is 5.78 Å². The van der Waals surface area contributed by atoms with Crippen molar-refractivity contribution in [3.63, 3.8) is 0 Å². The summed E-state index contributed by atoms with van der Waals surface area (Å²) < 4.78 is 5.04. The molecule has 0 unspecified atom stereocenters. The van der Waals surface area contributed by atoms with Crippen LogP contribution in [0.25, 0.3) is 0 Å². The van der Waals surface area contributed by atoms with Crippen molar-refractivity contribution in [3.05, 3.63) is 81.0 Å². The molecule has 2 amide bonds. The molecular formula is C21H17ClN2O4S. The van der Waals surface area contributed by atoms with Crippen LogP contribution in [0.2, 0.25) is 5.02 Å². The first-order chi connectivity index (χ1) is 14.0. The average Bonchev–Trinajstić information content (AvgIpc) is 3.21. The molecule has 1 heterocycles. The van der Waals surface area contributed by atoms with Crippen LogP contribution in [-0.2, 0) is 16.1 Å². The molecular weight excluding hydrogens is 412 g/mol. The highest BCUT2D eigenvalue weighted by molar-refractivity contribution is 7.14. The Hall–Kier alpha value is -3.16. The Bertz CT molecular complexity index is 1050. The zero-order chi connectivity index (χ0) is 20.8. The summed E-state index contributed by atoms with van der Waals surface area (Å²) >= 11 is 7.28. The Labute approximate surface area is 176 Å². The molecule has 3 rings (SSSR count). The number of thiophene rings is 1. The van der Waals surface area contributed by atoms with Crippen LogP contribution in [0.4, 0.5) is 5.69 Å². The molecule has 3 aromatic rings. The number of anilines is 1. The first-order valence-corrected chi connectivity index (χ1v) is 9.78. The van der Waals surface area contributed by atoms with Crippen LogP contribution in [0, 0.1) is 0 Å². The summed E-state index contributed by atoms with van der Waals surface area (Å²) in [5.74, 6) is -1.22. The van der Waals surface area contributed by atoms with E-state index < -0.39 is 11.8 Å². The standard InChI is InChI=1S/C21H17ClN2O4S/c1-28-17-9-7-14(11-16(17)22)24-21(27)20(26)23-12-15-8-10-18(29-15)19(25)13-5-3-2-4-6-13/h2-11H,12H2,1H3,(H,23,26)(H,24,27). The lowest BCUT2D eigenvalue weighted by Gasteiger charge is -2.08. The Balaban J connectivity index is 1.55. The largest absolute Gasteiger partial charge is 0.495 e. The third kappa shape index (κ3) is 5.22. The molecule has 1 aromatic heterocycles. The smallest absolute Gasteiger partial charge is 0.313 e. The molecule has 0 radical (unpaired) electrons. The van der Waals surface area contributed by atoms with E-state index in [1.165, 1.54) is 24.5 Å². The predicted molar refractivity (Wildman–Crippen MR) is 113 cm³/mol. The summed E-state index contributed by atoms with van der Waals surface area (Å²) in [5.41, 5.74) is 0.977. The van der Waals surface area contributed by atoms with E-state index in [9.17, 15) is 14.4 Å². The van der Waals surface area contributed by atoms with Crippen molar-refractivity contribution in [1.82, 2.24) is 5.32 Å². The quantitative estimate of drug-likeness (QED) is 0.460. The van der Waals surface area contributed by atoms with Gasteiger partial charge in [-0.3, -0.25) is 14.4 Å². The van der Waals surface area contributed by atoms with Crippen molar-refractivity contribution in [2.75, 3.05) is 12.4 Å². The minimum absolute atomic E-state index is 0.0812. The van der Waals surface area contributed by atoms with E-state index in [0.29, 0.717) is 26.9 Å². The van der Waals surface area contributed by atoms with Crippen LogP contribution in [0.3, 0.4) is 0 Å². The van der Waals surface area contributed by atoms with E-state index in [2.05, 4.69) is 10.6 Å². The molecule has 0 saturated carbocycles. The van der Waals surface area contributed by atoms with Gasteiger partial charge in [0.25, 0.3) is 0 Å². The summed E-state index contributed by atoms with van der Waals surface area (Å²) in [6.45, 7) is 0.141. The molecule has 0 aliphatic carbocycles. The average molecular weight is 429 g/mol. The number of ketones is 1. The van der Waals surface area contributed by atoms with Gasteiger partial charge >= 0.3 is 11.8 Å². The topological polar surface area (TPSA) is 84.5 Å². The number of ether oxygens (including phenoxy) is 1. The number of methoxy groups -OCH3 is 1. The van der Waals surface area contributed by atoms with Crippen molar-refractivity contribution < 1.29 is 19.1 Å². The summed E-state index contributed by atoms with van der Waals surface area (Å²) in [4.78, 5) is 37.8. The minimum Gasteiger partial charge on any atom is -0.495 e. The van der Waals surface area contributed by atoms with Gasteiger partial charge in [-0.2, -0.15) is 0 Å². The second kappa shape index (κ2) is 9.36. The van der Waals surface area contributed by atoms with Crippen LogP contribution in [0.1, 0.15) is 20.1 Å². The lowest BCUT2D eigenvalue weighted by molar-refractivity contribution is -0.136. The SMILES string of the molecule is COc1ccc(NC(=O)C(=O)NCc2ccc(C(=O)c3ccccc3)s2)cc1Cl. The van der Waals surface area contributed by atoms with Crippen molar-refractivity contribution in [3.8, 4) is 5.75 Å². The third-order valence-electron chi connectivity index (χ3n) is 3.96. The normalized spacial score (nSPS) is 10.3. The zero-order valence-corrected chi connectivity index (χ0v) is 17.0. The van der Waals surface area contributed by atoms with Gasteiger partial charge in [0.05, 0.1) is 23.6 Å². The van der Waals surface area contributed by atoms with Crippen LogP contribution >= 0.6 is 22.9 Å². The van der Waals surface area contributed by atoms with Crippen LogP contribution in [0.5, 0.6) is 5.75 Å². The number of carbonyl (C=O) groups excluding carboxylic acids is 3. The van der Waals surface area contributed by atoms with Gasteiger partial charge in [0.15, 0.2) is 0 Å². The Morgan fingerprint density at radius 3 is 2.45 bits per heavy atom. The van der Waals surface area contributed by atoms with Gasteiger partial charge in [0, 0.05) is 16.1 Å². The Morgan fingerprint density at radius 1 is 1.00 bits per heavy atom. The van der Waals surface area contributed by atoms with E-state index in [-0.39, 0.29) is 12.3 Å². The molecule has 0 aliphatic heterocycles. The maximum Gasteiger partial charge on any atom is 0.313 e. The van der Waals surface area contributed by atoms with Gasteiger partial charge in [0.1, 0.15) is 5.75 Å². The highest BCUT2D eigenvalue weighted by Crippen LogP contribution is 2.27. The number of nitrogens with one attached hydrogen (secondary N) is 2. The van der Waals surface area contributed by atoms with Crippen molar-refractivity contribution in [2.24, 2.45) is 0 Å². The van der Waals surface area contributed by atoms with Crippen LogP contribution in [-0.4, -0.2) is 24.7 Å².